The lowest BCUT2D eigenvalue weighted by Crippen LogP contribution is -2.37. The molecular weight excluding hydrogens is 378 g/mol. The number of hydrogen-bond donors (Lipinski definition) is 2. The van der Waals surface area contributed by atoms with Gasteiger partial charge in [-0.3, -0.25) is 4.79 Å². The van der Waals surface area contributed by atoms with E-state index < -0.39 is 11.5 Å². The van der Waals surface area contributed by atoms with Crippen LogP contribution in [-0.4, -0.2) is 22.7 Å². The first-order valence-electron chi connectivity index (χ1n) is 9.65. The fraction of sp³-hybridized carbons (Fsp3) is 0.455. The number of aromatic nitrogens is 1. The number of aromatic carboxylic acids is 1. The van der Waals surface area contributed by atoms with E-state index in [0.29, 0.717) is 29.5 Å². The van der Waals surface area contributed by atoms with Gasteiger partial charge in [-0.15, -0.1) is 0 Å². The number of rotatable bonds is 6. The smallest absolute Gasteiger partial charge is 0.341 e. The van der Waals surface area contributed by atoms with Gasteiger partial charge in [0, 0.05) is 11.0 Å². The quantitative estimate of drug-likeness (QED) is 0.662. The van der Waals surface area contributed by atoms with Crippen LogP contribution in [0.25, 0.3) is 11.3 Å². The summed E-state index contributed by atoms with van der Waals surface area (Å²) in [7, 11) is 0. The lowest BCUT2D eigenvalue weighted by Gasteiger charge is -2.40. The molecule has 1 heterocycles. The maximum absolute atomic E-state index is 12.4. The van der Waals surface area contributed by atoms with Gasteiger partial charge in [0.25, 0.3) is 5.56 Å². The number of ether oxygens (including phenoxy) is 1. The van der Waals surface area contributed by atoms with Crippen LogP contribution >= 0.6 is 11.6 Å². The zero-order valence-electron chi connectivity index (χ0n) is 16.7. The summed E-state index contributed by atoms with van der Waals surface area (Å²) in [6, 6.07) is 5.30. The molecule has 5 nitrogen and oxygen atoms in total. The first-order chi connectivity index (χ1) is 13.2. The molecule has 0 aliphatic heterocycles. The van der Waals surface area contributed by atoms with Gasteiger partial charge in [0.05, 0.1) is 17.3 Å². The fourth-order valence-corrected chi connectivity index (χ4v) is 3.99. The summed E-state index contributed by atoms with van der Waals surface area (Å²) in [6.45, 7) is 9.02. The minimum absolute atomic E-state index is 0.229. The van der Waals surface area contributed by atoms with Crippen molar-refractivity contribution in [1.29, 1.82) is 0 Å². The molecule has 1 aromatic heterocycles. The van der Waals surface area contributed by atoms with Gasteiger partial charge in [0.1, 0.15) is 11.3 Å². The highest BCUT2D eigenvalue weighted by Crippen LogP contribution is 2.48. The van der Waals surface area contributed by atoms with E-state index in [2.05, 4.69) is 32.7 Å². The largest absolute Gasteiger partial charge is 0.492 e. The fourth-order valence-electron chi connectivity index (χ4n) is 3.77. The van der Waals surface area contributed by atoms with Crippen LogP contribution in [0.1, 0.15) is 62.0 Å². The maximum atomic E-state index is 12.4. The molecule has 0 radical (unpaired) electrons. The average molecular weight is 404 g/mol. The monoisotopic (exact) mass is 403 g/mol. The van der Waals surface area contributed by atoms with Crippen LogP contribution < -0.4 is 10.3 Å². The Morgan fingerprint density at radius 1 is 1.36 bits per heavy atom. The summed E-state index contributed by atoms with van der Waals surface area (Å²) in [4.78, 5) is 26.7. The van der Waals surface area contributed by atoms with E-state index in [-0.39, 0.29) is 16.9 Å². The van der Waals surface area contributed by atoms with Crippen LogP contribution in [0.4, 0.5) is 0 Å². The SMILES string of the molecule is CCCCOc1cc2c(cc1Cl)-c1[nH]c(=O)c(C(=O)O)cc1C(C)(C(C)C)C2. The molecule has 0 saturated heterocycles. The van der Waals surface area contributed by atoms with Crippen molar-refractivity contribution in [2.75, 3.05) is 6.61 Å². The Morgan fingerprint density at radius 2 is 2.07 bits per heavy atom. The number of halogens is 1. The first-order valence-corrected chi connectivity index (χ1v) is 10.0. The molecule has 0 bridgehead atoms. The van der Waals surface area contributed by atoms with Crippen LogP contribution in [-0.2, 0) is 11.8 Å². The standard InChI is InChI=1S/C22H26ClNO4/c1-5-6-7-28-18-8-13-11-22(4,12(2)3)16-9-15(21(26)27)20(25)24-19(16)14(13)10-17(18)23/h8-10,12H,5-7,11H2,1-4H3,(H,24,25)(H,26,27). The molecule has 3 rings (SSSR count). The molecule has 0 saturated carbocycles. The van der Waals surface area contributed by atoms with Crippen molar-refractivity contribution >= 4 is 17.6 Å². The van der Waals surface area contributed by atoms with Crippen LogP contribution in [0.15, 0.2) is 23.0 Å². The van der Waals surface area contributed by atoms with Gasteiger partial charge in [0.2, 0.25) is 0 Å². The number of carboxylic acids is 1. The molecule has 0 spiro atoms. The number of fused-ring (bicyclic) bond motifs is 3. The van der Waals surface area contributed by atoms with Crippen molar-refractivity contribution in [3.63, 3.8) is 0 Å². The number of benzene rings is 1. The highest BCUT2D eigenvalue weighted by atomic mass is 35.5. The zero-order chi connectivity index (χ0) is 20.6. The van der Waals surface area contributed by atoms with E-state index in [0.717, 1.165) is 29.5 Å². The topological polar surface area (TPSA) is 79.4 Å². The Bertz CT molecular complexity index is 979. The summed E-state index contributed by atoms with van der Waals surface area (Å²) in [5.41, 5.74) is 2.18. The number of carbonyl (C=O) groups is 1. The molecule has 1 aromatic carbocycles. The Kier molecular flexibility index (Phi) is 5.57. The Labute approximate surface area is 169 Å². The van der Waals surface area contributed by atoms with E-state index in [1.165, 1.54) is 6.07 Å². The predicted octanol–water partition coefficient (Wildman–Crippen LogP) is 5.04. The van der Waals surface area contributed by atoms with E-state index in [1.807, 2.05) is 12.1 Å². The number of nitrogens with one attached hydrogen (secondary N) is 1. The summed E-state index contributed by atoms with van der Waals surface area (Å²) in [6.07, 6.45) is 2.69. The molecule has 1 atom stereocenters. The highest BCUT2D eigenvalue weighted by Gasteiger charge is 2.39. The van der Waals surface area contributed by atoms with Crippen LogP contribution in [0, 0.1) is 5.92 Å². The van der Waals surface area contributed by atoms with Crippen LogP contribution in [0.5, 0.6) is 5.75 Å². The van der Waals surface area contributed by atoms with Gasteiger partial charge in [-0.05, 0) is 48.1 Å². The third-order valence-electron chi connectivity index (χ3n) is 5.90. The molecule has 1 aliphatic rings. The number of aromatic amines is 1. The molecule has 6 heteroatoms. The third kappa shape index (κ3) is 3.44. The molecule has 1 unspecified atom stereocenters. The molecule has 1 aliphatic carbocycles. The maximum Gasteiger partial charge on any atom is 0.341 e. The van der Waals surface area contributed by atoms with Gasteiger partial charge in [-0.1, -0.05) is 45.7 Å². The number of pyridine rings is 1. The van der Waals surface area contributed by atoms with Gasteiger partial charge < -0.3 is 14.8 Å². The second-order valence-electron chi connectivity index (χ2n) is 8.00. The van der Waals surface area contributed by atoms with E-state index in [9.17, 15) is 14.7 Å². The minimum atomic E-state index is -1.22. The normalized spacial score (nSPS) is 17.9. The lowest BCUT2D eigenvalue weighted by molar-refractivity contribution is 0.0694. The Hall–Kier alpha value is -2.27. The van der Waals surface area contributed by atoms with Gasteiger partial charge in [-0.25, -0.2) is 4.79 Å². The van der Waals surface area contributed by atoms with Crippen molar-refractivity contribution < 1.29 is 14.6 Å². The predicted molar refractivity (Wildman–Crippen MR) is 111 cm³/mol. The summed E-state index contributed by atoms with van der Waals surface area (Å²) < 4.78 is 5.85. The van der Waals surface area contributed by atoms with Crippen LogP contribution in [0.2, 0.25) is 5.02 Å². The van der Waals surface area contributed by atoms with Crippen molar-refractivity contribution in [1.82, 2.24) is 4.98 Å². The van der Waals surface area contributed by atoms with E-state index in [4.69, 9.17) is 16.3 Å². The highest BCUT2D eigenvalue weighted by molar-refractivity contribution is 6.32. The summed E-state index contributed by atoms with van der Waals surface area (Å²) in [5, 5.41) is 9.88. The molecule has 0 fully saturated rings. The van der Waals surface area contributed by atoms with E-state index in [1.54, 1.807) is 0 Å². The van der Waals surface area contributed by atoms with E-state index >= 15 is 0 Å². The lowest BCUT2D eigenvalue weighted by atomic mass is 9.64. The zero-order valence-corrected chi connectivity index (χ0v) is 17.4. The van der Waals surface area contributed by atoms with Crippen LogP contribution in [0.3, 0.4) is 0 Å². The first kappa shape index (κ1) is 20.5. The van der Waals surface area contributed by atoms with Crippen molar-refractivity contribution in [3.8, 4) is 17.0 Å². The second kappa shape index (κ2) is 7.63. The second-order valence-corrected chi connectivity index (χ2v) is 8.40. The Morgan fingerprint density at radius 3 is 2.68 bits per heavy atom. The number of carboxylic acid groups (broad SMARTS) is 1. The number of unbranched alkanes of at least 4 members (excludes halogenated alkanes) is 1. The Balaban J connectivity index is 2.21. The molecule has 28 heavy (non-hydrogen) atoms. The molecule has 2 aromatic rings. The third-order valence-corrected chi connectivity index (χ3v) is 6.20. The molecule has 0 amide bonds. The summed E-state index contributed by atoms with van der Waals surface area (Å²) in [5.74, 6) is -0.348. The van der Waals surface area contributed by atoms with Crippen molar-refractivity contribution in [2.24, 2.45) is 5.92 Å². The van der Waals surface area contributed by atoms with Gasteiger partial charge in [-0.2, -0.15) is 0 Å². The van der Waals surface area contributed by atoms with Gasteiger partial charge in [0.15, 0.2) is 0 Å². The molecular formula is C22H26ClNO4. The number of hydrogen-bond acceptors (Lipinski definition) is 3. The van der Waals surface area contributed by atoms with Crippen molar-refractivity contribution in [2.45, 2.75) is 52.4 Å². The number of H-pyrrole nitrogens is 1. The average Bonchev–Trinajstić information content (AvgIpc) is 2.62. The van der Waals surface area contributed by atoms with Gasteiger partial charge >= 0.3 is 5.97 Å². The summed E-state index contributed by atoms with van der Waals surface area (Å²) >= 11 is 6.45. The molecule has 150 valence electrons. The van der Waals surface area contributed by atoms with Crippen molar-refractivity contribution in [3.05, 3.63) is 50.3 Å². The molecule has 2 N–H and O–H groups in total. The minimum Gasteiger partial charge on any atom is -0.492 e.